The van der Waals surface area contributed by atoms with Crippen molar-refractivity contribution in [2.75, 3.05) is 0 Å². The van der Waals surface area contributed by atoms with Gasteiger partial charge in [-0.15, -0.1) is 0 Å². The topological polar surface area (TPSA) is 26.0 Å². The fraction of sp³-hybridized carbons (Fsp3) is 0.273. The molecule has 2 N–H and O–H groups in total. The quantitative estimate of drug-likeness (QED) is 0.666. The van der Waals surface area contributed by atoms with E-state index in [1.165, 1.54) is 16.7 Å². The minimum Gasteiger partial charge on any atom is -0.324 e. The zero-order chi connectivity index (χ0) is 8.55. The highest BCUT2D eigenvalue weighted by Gasteiger charge is 2.15. The van der Waals surface area contributed by atoms with Crippen molar-refractivity contribution < 1.29 is 0 Å². The minimum atomic E-state index is 0.161. The number of nitrogens with two attached hydrogens (primary N) is 1. The largest absolute Gasteiger partial charge is 0.324 e. The van der Waals surface area contributed by atoms with E-state index in [2.05, 4.69) is 30.3 Å². The first kappa shape index (κ1) is 7.56. The lowest BCUT2D eigenvalue weighted by Gasteiger charge is -2.08. The van der Waals surface area contributed by atoms with Gasteiger partial charge in [-0.05, 0) is 30.0 Å². The van der Waals surface area contributed by atoms with Gasteiger partial charge in [-0.3, -0.25) is 0 Å². The molecule has 62 valence electrons. The van der Waals surface area contributed by atoms with Gasteiger partial charge in [0.05, 0.1) is 0 Å². The average Bonchev–Trinajstić information content (AvgIpc) is 2.47. The SMILES string of the molecule is CC(N)C1=CCc2ccccc21. The number of hydrogen-bond donors (Lipinski definition) is 1. The standard InChI is InChI=1S/C11H13N/c1-8(12)10-7-6-9-4-2-3-5-11(9)10/h2-5,7-8H,6,12H2,1H3. The van der Waals surface area contributed by atoms with Crippen LogP contribution in [-0.4, -0.2) is 6.04 Å². The van der Waals surface area contributed by atoms with Crippen molar-refractivity contribution in [2.45, 2.75) is 19.4 Å². The van der Waals surface area contributed by atoms with E-state index >= 15 is 0 Å². The third-order valence-corrected chi connectivity index (χ3v) is 2.36. The Labute approximate surface area is 72.9 Å². The molecule has 1 nitrogen and oxygen atoms in total. The minimum absolute atomic E-state index is 0.161. The molecule has 0 aliphatic heterocycles. The van der Waals surface area contributed by atoms with Crippen molar-refractivity contribution >= 4 is 5.57 Å². The molecule has 0 saturated carbocycles. The third kappa shape index (κ3) is 1.07. The van der Waals surface area contributed by atoms with Crippen LogP contribution in [0.15, 0.2) is 30.3 Å². The van der Waals surface area contributed by atoms with Crippen LogP contribution in [0.25, 0.3) is 5.57 Å². The van der Waals surface area contributed by atoms with Crippen LogP contribution in [0.4, 0.5) is 0 Å². The Morgan fingerprint density at radius 3 is 2.83 bits per heavy atom. The Hall–Kier alpha value is -1.08. The van der Waals surface area contributed by atoms with Gasteiger partial charge in [-0.25, -0.2) is 0 Å². The van der Waals surface area contributed by atoms with Gasteiger partial charge in [0.25, 0.3) is 0 Å². The third-order valence-electron chi connectivity index (χ3n) is 2.36. The zero-order valence-corrected chi connectivity index (χ0v) is 7.25. The fourth-order valence-electron chi connectivity index (χ4n) is 1.74. The van der Waals surface area contributed by atoms with Gasteiger partial charge in [-0.1, -0.05) is 30.3 Å². The Morgan fingerprint density at radius 1 is 1.33 bits per heavy atom. The number of rotatable bonds is 1. The Bertz CT molecular complexity index is 324. The number of allylic oxidation sites excluding steroid dienone is 1. The molecule has 0 radical (unpaired) electrons. The molecular formula is C11H13N. The highest BCUT2D eigenvalue weighted by Crippen LogP contribution is 2.28. The predicted octanol–water partition coefficient (Wildman–Crippen LogP) is 1.97. The summed E-state index contributed by atoms with van der Waals surface area (Å²) in [7, 11) is 0. The smallest absolute Gasteiger partial charge is 0.0269 e. The lowest BCUT2D eigenvalue weighted by Crippen LogP contribution is -2.15. The molecule has 0 spiro atoms. The second-order valence-electron chi connectivity index (χ2n) is 3.31. The van der Waals surface area contributed by atoms with Crippen LogP contribution in [0, 0.1) is 0 Å². The molecule has 2 rings (SSSR count). The average molecular weight is 159 g/mol. The second kappa shape index (κ2) is 2.76. The van der Waals surface area contributed by atoms with Crippen LogP contribution in [0.3, 0.4) is 0 Å². The van der Waals surface area contributed by atoms with Crippen molar-refractivity contribution in [3.63, 3.8) is 0 Å². The van der Waals surface area contributed by atoms with Crippen LogP contribution >= 0.6 is 0 Å². The second-order valence-corrected chi connectivity index (χ2v) is 3.31. The van der Waals surface area contributed by atoms with E-state index in [0.717, 1.165) is 6.42 Å². The number of hydrogen-bond acceptors (Lipinski definition) is 1. The Kier molecular flexibility index (Phi) is 1.74. The van der Waals surface area contributed by atoms with Gasteiger partial charge in [0.15, 0.2) is 0 Å². The first-order valence-electron chi connectivity index (χ1n) is 4.33. The normalized spacial score (nSPS) is 17.0. The van der Waals surface area contributed by atoms with E-state index in [0.29, 0.717) is 0 Å². The van der Waals surface area contributed by atoms with Crippen LogP contribution in [0.2, 0.25) is 0 Å². The van der Waals surface area contributed by atoms with E-state index in [1.807, 2.05) is 6.92 Å². The van der Waals surface area contributed by atoms with Gasteiger partial charge in [0.1, 0.15) is 0 Å². The van der Waals surface area contributed by atoms with E-state index < -0.39 is 0 Å². The van der Waals surface area contributed by atoms with Gasteiger partial charge in [-0.2, -0.15) is 0 Å². The summed E-state index contributed by atoms with van der Waals surface area (Å²) in [6.45, 7) is 2.04. The molecule has 1 unspecified atom stereocenters. The number of fused-ring (bicyclic) bond motifs is 1. The molecule has 0 bridgehead atoms. The molecule has 0 heterocycles. The monoisotopic (exact) mass is 159 g/mol. The summed E-state index contributed by atoms with van der Waals surface area (Å²) in [6, 6.07) is 8.63. The molecule has 0 aromatic heterocycles. The molecule has 1 heteroatoms. The van der Waals surface area contributed by atoms with E-state index in [4.69, 9.17) is 5.73 Å². The molecule has 0 saturated heterocycles. The fourth-order valence-corrected chi connectivity index (χ4v) is 1.74. The molecule has 0 fully saturated rings. The summed E-state index contributed by atoms with van der Waals surface area (Å²) in [5.41, 5.74) is 9.89. The van der Waals surface area contributed by atoms with E-state index in [9.17, 15) is 0 Å². The van der Waals surface area contributed by atoms with E-state index in [-0.39, 0.29) is 6.04 Å². The predicted molar refractivity (Wildman–Crippen MR) is 51.8 cm³/mol. The maximum absolute atomic E-state index is 5.84. The summed E-state index contributed by atoms with van der Waals surface area (Å²) in [4.78, 5) is 0. The lowest BCUT2D eigenvalue weighted by atomic mass is 10.0. The summed E-state index contributed by atoms with van der Waals surface area (Å²) in [5.74, 6) is 0. The van der Waals surface area contributed by atoms with Crippen LogP contribution in [0.5, 0.6) is 0 Å². The van der Waals surface area contributed by atoms with Crippen molar-refractivity contribution in [1.82, 2.24) is 0 Å². The van der Waals surface area contributed by atoms with Crippen LogP contribution in [0.1, 0.15) is 18.1 Å². The summed E-state index contributed by atoms with van der Waals surface area (Å²) in [6.07, 6.45) is 3.28. The highest BCUT2D eigenvalue weighted by atomic mass is 14.6. The van der Waals surface area contributed by atoms with Gasteiger partial charge in [0, 0.05) is 6.04 Å². The van der Waals surface area contributed by atoms with E-state index in [1.54, 1.807) is 0 Å². The lowest BCUT2D eigenvalue weighted by molar-refractivity contribution is 0.949. The number of benzene rings is 1. The molecule has 1 aliphatic carbocycles. The summed E-state index contributed by atoms with van der Waals surface area (Å²) < 4.78 is 0. The maximum Gasteiger partial charge on any atom is 0.0269 e. The highest BCUT2D eigenvalue weighted by molar-refractivity contribution is 5.75. The summed E-state index contributed by atoms with van der Waals surface area (Å²) >= 11 is 0. The molecule has 1 atom stereocenters. The van der Waals surface area contributed by atoms with Crippen molar-refractivity contribution in [3.8, 4) is 0 Å². The first-order chi connectivity index (χ1) is 5.79. The summed E-state index contributed by atoms with van der Waals surface area (Å²) in [5, 5.41) is 0. The molecular weight excluding hydrogens is 146 g/mol. The molecule has 12 heavy (non-hydrogen) atoms. The van der Waals surface area contributed by atoms with Gasteiger partial charge >= 0.3 is 0 Å². The van der Waals surface area contributed by atoms with Crippen molar-refractivity contribution in [3.05, 3.63) is 41.5 Å². The first-order valence-corrected chi connectivity index (χ1v) is 4.33. The Morgan fingerprint density at radius 2 is 2.08 bits per heavy atom. The van der Waals surface area contributed by atoms with Gasteiger partial charge < -0.3 is 5.73 Å². The van der Waals surface area contributed by atoms with Gasteiger partial charge in [0.2, 0.25) is 0 Å². The van der Waals surface area contributed by atoms with Crippen LogP contribution in [-0.2, 0) is 6.42 Å². The molecule has 0 amide bonds. The molecule has 1 aromatic carbocycles. The van der Waals surface area contributed by atoms with Crippen LogP contribution < -0.4 is 5.73 Å². The zero-order valence-electron chi connectivity index (χ0n) is 7.25. The molecule has 1 aliphatic rings. The van der Waals surface area contributed by atoms with Crippen molar-refractivity contribution in [1.29, 1.82) is 0 Å². The maximum atomic E-state index is 5.84. The van der Waals surface area contributed by atoms with Crippen molar-refractivity contribution in [2.24, 2.45) is 5.73 Å². The Balaban J connectivity index is 2.45. The molecule has 1 aromatic rings.